The molecule has 0 saturated heterocycles. The lowest BCUT2D eigenvalue weighted by atomic mass is 10.1. The molecule has 0 aliphatic heterocycles. The Hall–Kier alpha value is -1.31. The van der Waals surface area contributed by atoms with Crippen molar-refractivity contribution in [3.8, 4) is 0 Å². The summed E-state index contributed by atoms with van der Waals surface area (Å²) in [6.45, 7) is 10.1. The van der Waals surface area contributed by atoms with Crippen LogP contribution in [-0.2, 0) is 6.42 Å². The molecule has 0 spiro atoms. The standard InChI is InChI=1S/C11H13NO.C2H6/c1-4-9-5-7(2)11-10(6-9)12-8(3)13-11;1-2/h5-6H,4H2,1-3H3;1-2H3. The molecule has 0 atom stereocenters. The van der Waals surface area contributed by atoms with Crippen LogP contribution in [0.25, 0.3) is 11.1 Å². The molecule has 1 heterocycles. The summed E-state index contributed by atoms with van der Waals surface area (Å²) in [5.74, 6) is 0.742. The van der Waals surface area contributed by atoms with Crippen molar-refractivity contribution in [1.82, 2.24) is 4.98 Å². The highest BCUT2D eigenvalue weighted by Crippen LogP contribution is 2.21. The summed E-state index contributed by atoms with van der Waals surface area (Å²) in [6, 6.07) is 4.26. The molecular weight excluding hydrogens is 186 g/mol. The topological polar surface area (TPSA) is 26.0 Å². The molecular formula is C13H19NO. The van der Waals surface area contributed by atoms with Crippen molar-refractivity contribution in [2.45, 2.75) is 41.0 Å². The first kappa shape index (κ1) is 11.8. The molecule has 0 bridgehead atoms. The summed E-state index contributed by atoms with van der Waals surface area (Å²) in [5, 5.41) is 0. The number of fused-ring (bicyclic) bond motifs is 1. The van der Waals surface area contributed by atoms with Crippen LogP contribution in [0.3, 0.4) is 0 Å². The number of benzene rings is 1. The molecule has 2 rings (SSSR count). The summed E-state index contributed by atoms with van der Waals surface area (Å²) in [6.07, 6.45) is 1.04. The van der Waals surface area contributed by atoms with Gasteiger partial charge >= 0.3 is 0 Å². The van der Waals surface area contributed by atoms with E-state index in [1.165, 1.54) is 11.1 Å². The van der Waals surface area contributed by atoms with E-state index in [1.54, 1.807) is 0 Å². The molecule has 2 aromatic rings. The second-order valence-electron chi connectivity index (χ2n) is 3.35. The highest BCUT2D eigenvalue weighted by Gasteiger charge is 2.05. The number of hydrogen-bond donors (Lipinski definition) is 0. The summed E-state index contributed by atoms with van der Waals surface area (Å²) in [5.41, 5.74) is 4.40. The van der Waals surface area contributed by atoms with Crippen LogP contribution in [0.1, 0.15) is 37.8 Å². The van der Waals surface area contributed by atoms with E-state index in [-0.39, 0.29) is 0 Å². The third-order valence-electron chi connectivity index (χ3n) is 2.25. The molecule has 0 amide bonds. The first-order valence-electron chi connectivity index (χ1n) is 5.57. The van der Waals surface area contributed by atoms with Gasteiger partial charge in [0.15, 0.2) is 11.5 Å². The van der Waals surface area contributed by atoms with Crippen molar-refractivity contribution in [2.24, 2.45) is 0 Å². The van der Waals surface area contributed by atoms with Crippen molar-refractivity contribution >= 4 is 11.1 Å². The predicted octanol–water partition coefficient (Wildman–Crippen LogP) is 4.03. The van der Waals surface area contributed by atoms with E-state index in [9.17, 15) is 0 Å². The zero-order chi connectivity index (χ0) is 11.4. The Morgan fingerprint density at radius 2 is 1.87 bits per heavy atom. The van der Waals surface area contributed by atoms with Gasteiger partial charge in [0.1, 0.15) is 5.52 Å². The third kappa shape index (κ3) is 2.38. The summed E-state index contributed by atoms with van der Waals surface area (Å²) in [4.78, 5) is 4.32. The van der Waals surface area contributed by atoms with Gasteiger partial charge in [0, 0.05) is 6.92 Å². The summed E-state index contributed by atoms with van der Waals surface area (Å²) >= 11 is 0. The molecule has 0 saturated carbocycles. The van der Waals surface area contributed by atoms with Crippen LogP contribution in [0.5, 0.6) is 0 Å². The number of rotatable bonds is 1. The van der Waals surface area contributed by atoms with E-state index in [2.05, 4.69) is 31.0 Å². The Morgan fingerprint density at radius 3 is 2.47 bits per heavy atom. The first-order valence-corrected chi connectivity index (χ1v) is 5.57. The Kier molecular flexibility index (Phi) is 3.89. The van der Waals surface area contributed by atoms with E-state index < -0.39 is 0 Å². The molecule has 82 valence electrons. The maximum Gasteiger partial charge on any atom is 0.192 e. The molecule has 0 fully saturated rings. The monoisotopic (exact) mass is 205 g/mol. The molecule has 1 aromatic heterocycles. The Balaban J connectivity index is 0.000000531. The average Bonchev–Trinajstić information content (AvgIpc) is 2.62. The number of aromatic nitrogens is 1. The van der Waals surface area contributed by atoms with Gasteiger partial charge in [-0.25, -0.2) is 4.98 Å². The minimum Gasteiger partial charge on any atom is -0.441 e. The van der Waals surface area contributed by atoms with Gasteiger partial charge in [-0.05, 0) is 30.5 Å². The van der Waals surface area contributed by atoms with Crippen LogP contribution in [0.2, 0.25) is 0 Å². The van der Waals surface area contributed by atoms with Crippen molar-refractivity contribution < 1.29 is 4.42 Å². The maximum atomic E-state index is 5.49. The number of hydrogen-bond acceptors (Lipinski definition) is 2. The first-order chi connectivity index (χ1) is 7.20. The second-order valence-corrected chi connectivity index (χ2v) is 3.35. The van der Waals surface area contributed by atoms with Gasteiger partial charge in [-0.3, -0.25) is 0 Å². The highest BCUT2D eigenvalue weighted by molar-refractivity contribution is 5.77. The van der Waals surface area contributed by atoms with Gasteiger partial charge in [-0.15, -0.1) is 0 Å². The zero-order valence-electron chi connectivity index (χ0n) is 10.2. The van der Waals surface area contributed by atoms with Gasteiger partial charge in [-0.2, -0.15) is 0 Å². The molecule has 0 N–H and O–H groups in total. The van der Waals surface area contributed by atoms with E-state index in [4.69, 9.17) is 4.42 Å². The molecule has 0 radical (unpaired) electrons. The fourth-order valence-corrected chi connectivity index (χ4v) is 1.59. The minimum absolute atomic E-state index is 0.742. The number of aryl methyl sites for hydroxylation is 3. The van der Waals surface area contributed by atoms with E-state index >= 15 is 0 Å². The minimum atomic E-state index is 0.742. The quantitative estimate of drug-likeness (QED) is 0.702. The summed E-state index contributed by atoms with van der Waals surface area (Å²) < 4.78 is 5.49. The fraction of sp³-hybridized carbons (Fsp3) is 0.462. The SMILES string of the molecule is CC.CCc1cc(C)c2oc(C)nc2c1. The maximum absolute atomic E-state index is 5.49. The van der Waals surface area contributed by atoms with Crippen molar-refractivity contribution in [2.75, 3.05) is 0 Å². The number of oxazole rings is 1. The lowest BCUT2D eigenvalue weighted by Gasteiger charge is -1.98. The van der Waals surface area contributed by atoms with Crippen molar-refractivity contribution in [3.63, 3.8) is 0 Å². The fourth-order valence-electron chi connectivity index (χ4n) is 1.59. The van der Waals surface area contributed by atoms with E-state index in [0.29, 0.717) is 0 Å². The molecule has 2 heteroatoms. The number of nitrogens with zero attached hydrogens (tertiary/aromatic N) is 1. The molecule has 1 aromatic carbocycles. The largest absolute Gasteiger partial charge is 0.441 e. The zero-order valence-corrected chi connectivity index (χ0v) is 10.2. The third-order valence-corrected chi connectivity index (χ3v) is 2.25. The van der Waals surface area contributed by atoms with Crippen molar-refractivity contribution in [3.05, 3.63) is 29.2 Å². The van der Waals surface area contributed by atoms with E-state index in [0.717, 1.165) is 23.4 Å². The van der Waals surface area contributed by atoms with Gasteiger partial charge in [0.25, 0.3) is 0 Å². The van der Waals surface area contributed by atoms with Crippen LogP contribution in [0, 0.1) is 13.8 Å². The van der Waals surface area contributed by atoms with Gasteiger partial charge in [0.2, 0.25) is 0 Å². The smallest absolute Gasteiger partial charge is 0.192 e. The Labute approximate surface area is 91.3 Å². The van der Waals surface area contributed by atoms with Gasteiger partial charge in [0.05, 0.1) is 0 Å². The molecule has 15 heavy (non-hydrogen) atoms. The normalized spacial score (nSPS) is 9.93. The van der Waals surface area contributed by atoms with Crippen LogP contribution >= 0.6 is 0 Å². The van der Waals surface area contributed by atoms with Crippen LogP contribution in [-0.4, -0.2) is 4.98 Å². The molecule has 2 nitrogen and oxygen atoms in total. The van der Waals surface area contributed by atoms with Crippen LogP contribution in [0.4, 0.5) is 0 Å². The lowest BCUT2D eigenvalue weighted by molar-refractivity contribution is 0.559. The highest BCUT2D eigenvalue weighted by atomic mass is 16.3. The average molecular weight is 205 g/mol. The van der Waals surface area contributed by atoms with Crippen LogP contribution < -0.4 is 0 Å². The Bertz CT molecular complexity index is 443. The van der Waals surface area contributed by atoms with Gasteiger partial charge in [-0.1, -0.05) is 26.8 Å². The lowest BCUT2D eigenvalue weighted by Crippen LogP contribution is -1.82. The predicted molar refractivity (Wildman–Crippen MR) is 64.2 cm³/mol. The summed E-state index contributed by atoms with van der Waals surface area (Å²) in [7, 11) is 0. The molecule has 0 aliphatic rings. The van der Waals surface area contributed by atoms with Gasteiger partial charge < -0.3 is 4.42 Å². The Morgan fingerprint density at radius 1 is 1.20 bits per heavy atom. The van der Waals surface area contributed by atoms with Crippen LogP contribution in [0.15, 0.2) is 16.5 Å². The van der Waals surface area contributed by atoms with Crippen molar-refractivity contribution in [1.29, 1.82) is 0 Å². The molecule has 0 unspecified atom stereocenters. The molecule has 0 aliphatic carbocycles. The van der Waals surface area contributed by atoms with E-state index in [1.807, 2.05) is 20.8 Å². The second kappa shape index (κ2) is 4.96.